The summed E-state index contributed by atoms with van der Waals surface area (Å²) in [4.78, 5) is 2.42. The van der Waals surface area contributed by atoms with E-state index < -0.39 is 8.07 Å². The van der Waals surface area contributed by atoms with Crippen molar-refractivity contribution in [3.05, 3.63) is 200 Å². The molecule has 54 heavy (non-hydrogen) atoms. The number of nitrogens with zero attached hydrogens (tertiary/aromatic N) is 1. The Kier molecular flexibility index (Phi) is 7.67. The number of fused-ring (bicyclic) bond motifs is 6. The highest BCUT2D eigenvalue weighted by molar-refractivity contribution is 7.03. The summed E-state index contributed by atoms with van der Waals surface area (Å²) in [5.74, 6) is 0. The molecule has 0 radical (unpaired) electrons. The van der Waals surface area contributed by atoms with Crippen LogP contribution < -0.4 is 15.3 Å². The molecule has 256 valence electrons. The van der Waals surface area contributed by atoms with Crippen LogP contribution >= 0.6 is 0 Å². The molecule has 0 saturated carbocycles. The number of hydrogen-bond donors (Lipinski definition) is 0. The van der Waals surface area contributed by atoms with E-state index >= 15 is 0 Å². The van der Waals surface area contributed by atoms with Crippen LogP contribution in [0.4, 0.5) is 17.1 Å². The van der Waals surface area contributed by atoms with Gasteiger partial charge in [-0.2, -0.15) is 0 Å². The van der Waals surface area contributed by atoms with Gasteiger partial charge in [0.2, 0.25) is 0 Å². The van der Waals surface area contributed by atoms with Gasteiger partial charge in [0.1, 0.15) is 8.07 Å². The van der Waals surface area contributed by atoms with Gasteiger partial charge in [-0.3, -0.25) is 0 Å². The van der Waals surface area contributed by atoms with E-state index in [2.05, 4.69) is 218 Å². The molecule has 2 heteroatoms. The summed E-state index contributed by atoms with van der Waals surface area (Å²) in [6.07, 6.45) is 0. The van der Waals surface area contributed by atoms with Crippen molar-refractivity contribution in [1.82, 2.24) is 0 Å². The Morgan fingerprint density at radius 3 is 1.63 bits per heavy atom. The van der Waals surface area contributed by atoms with Crippen LogP contribution in [-0.2, 0) is 0 Å². The number of rotatable bonds is 6. The van der Waals surface area contributed by atoms with Crippen molar-refractivity contribution >= 4 is 57.1 Å². The summed E-state index contributed by atoms with van der Waals surface area (Å²) < 4.78 is 0. The maximum Gasteiger partial charge on any atom is 0.113 e. The number of hydrogen-bond acceptors (Lipinski definition) is 1. The SMILES string of the molecule is C[Si]1(C)c2ccccc2-c2ccc(-c3ccc(N(c4ccc(-c5ccccc5)c(-c5ccccc5)c4)c4ccc5ccc6ccccc6c5c4)cc3)cc21. The summed E-state index contributed by atoms with van der Waals surface area (Å²) in [5, 5.41) is 8.08. The molecule has 9 aromatic carbocycles. The monoisotopic (exact) mass is 705 g/mol. The standard InChI is InChI=1S/C52H39NSi/c1-54(2)51-20-12-11-19-47(51)48-31-26-41(33-52(48)54)36-23-27-42(28-24-36)53(43-29-25-40-22-21-39-17-9-10-18-45(39)50(40)34-43)44-30-32-46(37-13-5-3-6-14-37)49(35-44)38-15-7-4-8-16-38/h3-35H,1-2H3. The van der Waals surface area contributed by atoms with Crippen LogP contribution in [0.3, 0.4) is 0 Å². The van der Waals surface area contributed by atoms with Gasteiger partial charge in [0.15, 0.2) is 0 Å². The Balaban J connectivity index is 1.13. The van der Waals surface area contributed by atoms with Crippen LogP contribution in [0.5, 0.6) is 0 Å². The van der Waals surface area contributed by atoms with Gasteiger partial charge in [0.25, 0.3) is 0 Å². The Bertz CT molecular complexity index is 2840. The molecule has 0 spiro atoms. The lowest BCUT2D eigenvalue weighted by Gasteiger charge is -2.27. The van der Waals surface area contributed by atoms with E-state index in [-0.39, 0.29) is 0 Å². The molecule has 0 unspecified atom stereocenters. The minimum absolute atomic E-state index is 1.11. The Labute approximate surface area is 318 Å². The molecule has 9 aromatic rings. The lowest BCUT2D eigenvalue weighted by Crippen LogP contribution is -2.49. The van der Waals surface area contributed by atoms with Gasteiger partial charge in [-0.15, -0.1) is 0 Å². The largest absolute Gasteiger partial charge is 0.310 e. The Morgan fingerprint density at radius 2 is 0.852 bits per heavy atom. The van der Waals surface area contributed by atoms with Crippen molar-refractivity contribution in [3.63, 3.8) is 0 Å². The van der Waals surface area contributed by atoms with E-state index in [4.69, 9.17) is 0 Å². The zero-order valence-electron chi connectivity index (χ0n) is 30.5. The van der Waals surface area contributed by atoms with Gasteiger partial charge in [-0.05, 0) is 113 Å². The second-order valence-electron chi connectivity index (χ2n) is 15.0. The molecular weight excluding hydrogens is 667 g/mol. The van der Waals surface area contributed by atoms with Gasteiger partial charge in [-0.25, -0.2) is 0 Å². The first-order valence-electron chi connectivity index (χ1n) is 18.8. The normalized spacial score (nSPS) is 12.8. The van der Waals surface area contributed by atoms with Crippen molar-refractivity contribution in [2.45, 2.75) is 13.1 Å². The zero-order chi connectivity index (χ0) is 36.2. The lowest BCUT2D eigenvalue weighted by atomic mass is 9.93. The van der Waals surface area contributed by atoms with E-state index in [1.54, 1.807) is 5.19 Å². The molecule has 10 rings (SSSR count). The van der Waals surface area contributed by atoms with Crippen LogP contribution in [0, 0.1) is 0 Å². The van der Waals surface area contributed by atoms with Crippen molar-refractivity contribution in [1.29, 1.82) is 0 Å². The highest BCUT2D eigenvalue weighted by Crippen LogP contribution is 2.42. The average Bonchev–Trinajstić information content (AvgIpc) is 3.47. The Morgan fingerprint density at radius 1 is 0.315 bits per heavy atom. The third kappa shape index (κ3) is 5.38. The second kappa shape index (κ2) is 12.9. The summed E-state index contributed by atoms with van der Waals surface area (Å²) in [6.45, 7) is 4.98. The molecular formula is C52H39NSi. The predicted molar refractivity (Wildman–Crippen MR) is 235 cm³/mol. The lowest BCUT2D eigenvalue weighted by molar-refractivity contribution is 1.29. The molecule has 0 fully saturated rings. The van der Waals surface area contributed by atoms with E-state index in [1.165, 1.54) is 71.2 Å². The molecule has 0 saturated heterocycles. The van der Waals surface area contributed by atoms with E-state index in [0.29, 0.717) is 0 Å². The second-order valence-corrected chi connectivity index (χ2v) is 19.3. The average molecular weight is 706 g/mol. The smallest absolute Gasteiger partial charge is 0.113 e. The van der Waals surface area contributed by atoms with Crippen LogP contribution in [0.25, 0.3) is 66.1 Å². The van der Waals surface area contributed by atoms with Gasteiger partial charge in [-0.1, -0.05) is 177 Å². The third-order valence-electron chi connectivity index (χ3n) is 11.5. The van der Waals surface area contributed by atoms with Gasteiger partial charge in [0, 0.05) is 17.1 Å². The maximum absolute atomic E-state index is 2.49. The van der Waals surface area contributed by atoms with Gasteiger partial charge in [0.05, 0.1) is 0 Å². The molecule has 1 nitrogen and oxygen atoms in total. The van der Waals surface area contributed by atoms with Crippen molar-refractivity contribution < 1.29 is 0 Å². The molecule has 1 heterocycles. The molecule has 0 atom stereocenters. The molecule has 0 aliphatic carbocycles. The van der Waals surface area contributed by atoms with Crippen LogP contribution in [0.15, 0.2) is 200 Å². The molecule has 1 aliphatic heterocycles. The van der Waals surface area contributed by atoms with Crippen LogP contribution in [0.1, 0.15) is 0 Å². The van der Waals surface area contributed by atoms with Gasteiger partial charge < -0.3 is 4.90 Å². The quantitative estimate of drug-likeness (QED) is 0.123. The summed E-state index contributed by atoms with van der Waals surface area (Å²) in [6, 6.07) is 73.8. The highest BCUT2D eigenvalue weighted by Gasteiger charge is 2.37. The van der Waals surface area contributed by atoms with Crippen molar-refractivity contribution in [2.75, 3.05) is 4.90 Å². The molecule has 1 aliphatic rings. The van der Waals surface area contributed by atoms with Crippen molar-refractivity contribution in [3.8, 4) is 44.5 Å². The Hall–Kier alpha value is -6.48. The predicted octanol–water partition coefficient (Wildman–Crippen LogP) is 13.3. The van der Waals surface area contributed by atoms with E-state index in [1.807, 2.05) is 0 Å². The van der Waals surface area contributed by atoms with Crippen LogP contribution in [0.2, 0.25) is 13.1 Å². The first kappa shape index (κ1) is 32.2. The fourth-order valence-electron chi connectivity index (χ4n) is 8.66. The summed E-state index contributed by atoms with van der Waals surface area (Å²) >= 11 is 0. The fourth-order valence-corrected chi connectivity index (χ4v) is 11.8. The summed E-state index contributed by atoms with van der Waals surface area (Å²) in [7, 11) is -1.78. The fraction of sp³-hybridized carbons (Fsp3) is 0.0385. The van der Waals surface area contributed by atoms with E-state index in [0.717, 1.165) is 17.1 Å². The van der Waals surface area contributed by atoms with Gasteiger partial charge >= 0.3 is 0 Å². The first-order chi connectivity index (χ1) is 26.5. The van der Waals surface area contributed by atoms with Crippen molar-refractivity contribution in [2.24, 2.45) is 0 Å². The summed E-state index contributed by atoms with van der Waals surface area (Å²) in [5.41, 5.74) is 13.5. The number of anilines is 3. The maximum atomic E-state index is 2.49. The zero-order valence-corrected chi connectivity index (χ0v) is 31.5. The minimum atomic E-state index is -1.78. The molecule has 0 bridgehead atoms. The van der Waals surface area contributed by atoms with E-state index in [9.17, 15) is 0 Å². The third-order valence-corrected chi connectivity index (χ3v) is 15.0. The minimum Gasteiger partial charge on any atom is -0.310 e. The topological polar surface area (TPSA) is 3.24 Å². The van der Waals surface area contributed by atoms with Crippen LogP contribution in [-0.4, -0.2) is 8.07 Å². The molecule has 0 amide bonds. The molecule has 0 N–H and O–H groups in total. The highest BCUT2D eigenvalue weighted by atomic mass is 28.3. The first-order valence-corrected chi connectivity index (χ1v) is 21.8. The number of benzene rings is 9. The molecule has 0 aromatic heterocycles.